The molecule has 1 aliphatic rings. The number of nitrogens with zero attached hydrogens (tertiary/aromatic N) is 5. The van der Waals surface area contributed by atoms with Crippen LogP contribution in [0.2, 0.25) is 0 Å². The maximum absolute atomic E-state index is 13.6. The van der Waals surface area contributed by atoms with Gasteiger partial charge in [-0.15, -0.1) is 5.10 Å². The Balaban J connectivity index is 1.57. The van der Waals surface area contributed by atoms with Gasteiger partial charge in [0.25, 0.3) is 0 Å². The average Bonchev–Trinajstić information content (AvgIpc) is 3.48. The van der Waals surface area contributed by atoms with Crippen LogP contribution in [0.15, 0.2) is 82.7 Å². The van der Waals surface area contributed by atoms with Gasteiger partial charge in [-0.3, -0.25) is 0 Å². The summed E-state index contributed by atoms with van der Waals surface area (Å²) in [7, 11) is -3.91. The first-order chi connectivity index (χ1) is 16.4. The Morgan fingerprint density at radius 3 is 2.44 bits per heavy atom. The molecule has 8 heteroatoms. The molecule has 170 valence electrons. The van der Waals surface area contributed by atoms with Gasteiger partial charge in [0, 0.05) is 17.6 Å². The molecule has 7 nitrogen and oxygen atoms in total. The van der Waals surface area contributed by atoms with Gasteiger partial charge in [0.05, 0.1) is 10.4 Å². The number of para-hydroxylation sites is 2. The Morgan fingerprint density at radius 1 is 0.912 bits per heavy atom. The minimum Gasteiger partial charge on any atom is -0.325 e. The number of anilines is 2. The fourth-order valence-corrected chi connectivity index (χ4v) is 5.84. The lowest BCUT2D eigenvalue weighted by Gasteiger charge is -2.20. The Hall–Kier alpha value is -3.78. The van der Waals surface area contributed by atoms with Crippen LogP contribution in [0, 0.1) is 0 Å². The summed E-state index contributed by atoms with van der Waals surface area (Å²) in [6.45, 7) is 4.92. The molecule has 0 bridgehead atoms. The van der Waals surface area contributed by atoms with Crippen molar-refractivity contribution in [2.24, 2.45) is 0 Å². The molecule has 3 heterocycles. The summed E-state index contributed by atoms with van der Waals surface area (Å²) in [6.07, 6.45) is 0.905. The van der Waals surface area contributed by atoms with Crippen molar-refractivity contribution in [3.05, 3.63) is 83.9 Å². The Kier molecular flexibility index (Phi) is 4.67. The standard InChI is InChI=1S/C26H23N5O2S/c1-17(2)18-11-13-20(14-12-18)34(32,33)26-25-27-24(30-16-15-19-7-3-5-9-22(19)30)21-8-4-6-10-23(21)31(25)29-28-26/h3-14,17H,15-16H2,1-2H3. The molecule has 0 unspecified atom stereocenters. The molecule has 0 amide bonds. The molecule has 0 saturated carbocycles. The van der Waals surface area contributed by atoms with Gasteiger partial charge in [-0.1, -0.05) is 61.5 Å². The van der Waals surface area contributed by atoms with Crippen molar-refractivity contribution >= 4 is 37.9 Å². The number of sulfone groups is 1. The van der Waals surface area contributed by atoms with Crippen LogP contribution in [0.25, 0.3) is 16.6 Å². The molecular weight excluding hydrogens is 446 g/mol. The van der Waals surface area contributed by atoms with Crippen molar-refractivity contribution in [1.29, 1.82) is 0 Å². The number of benzene rings is 3. The van der Waals surface area contributed by atoms with E-state index in [4.69, 9.17) is 4.98 Å². The summed E-state index contributed by atoms with van der Waals surface area (Å²) in [5, 5.41) is 9.07. The van der Waals surface area contributed by atoms with Crippen LogP contribution in [0.4, 0.5) is 11.5 Å². The molecule has 0 fully saturated rings. The molecule has 0 aliphatic carbocycles. The summed E-state index contributed by atoms with van der Waals surface area (Å²) in [5.41, 5.74) is 4.40. The zero-order valence-corrected chi connectivity index (χ0v) is 19.7. The van der Waals surface area contributed by atoms with E-state index < -0.39 is 9.84 Å². The van der Waals surface area contributed by atoms with Gasteiger partial charge in [-0.25, -0.2) is 13.4 Å². The topological polar surface area (TPSA) is 80.5 Å². The third-order valence-corrected chi connectivity index (χ3v) is 8.12. The first kappa shape index (κ1) is 20.8. The largest absolute Gasteiger partial charge is 0.325 e. The number of hydrogen-bond donors (Lipinski definition) is 0. The Labute approximate surface area is 197 Å². The van der Waals surface area contributed by atoms with Crippen molar-refractivity contribution in [3.8, 4) is 0 Å². The van der Waals surface area contributed by atoms with Crippen LogP contribution in [-0.4, -0.2) is 34.8 Å². The molecular formula is C26H23N5O2S. The smallest absolute Gasteiger partial charge is 0.229 e. The summed E-state index contributed by atoms with van der Waals surface area (Å²) >= 11 is 0. The van der Waals surface area contributed by atoms with Gasteiger partial charge < -0.3 is 4.90 Å². The maximum atomic E-state index is 13.6. The lowest BCUT2D eigenvalue weighted by molar-refractivity contribution is 0.592. The quantitative estimate of drug-likeness (QED) is 0.371. The van der Waals surface area contributed by atoms with E-state index in [9.17, 15) is 8.42 Å². The predicted octanol–water partition coefficient (Wildman–Crippen LogP) is 4.93. The summed E-state index contributed by atoms with van der Waals surface area (Å²) in [5.74, 6) is 1.02. The van der Waals surface area contributed by atoms with Crippen LogP contribution >= 0.6 is 0 Å². The zero-order chi connectivity index (χ0) is 23.4. The molecule has 6 rings (SSSR count). The highest BCUT2D eigenvalue weighted by molar-refractivity contribution is 7.91. The molecule has 0 saturated heterocycles. The highest BCUT2D eigenvalue weighted by Gasteiger charge is 2.29. The fourth-order valence-electron chi connectivity index (χ4n) is 4.61. The Morgan fingerprint density at radius 2 is 1.65 bits per heavy atom. The van der Waals surface area contributed by atoms with E-state index in [2.05, 4.69) is 41.2 Å². The first-order valence-corrected chi connectivity index (χ1v) is 12.8. The molecule has 3 aromatic carbocycles. The lowest BCUT2D eigenvalue weighted by atomic mass is 10.0. The molecule has 0 atom stereocenters. The summed E-state index contributed by atoms with van der Waals surface area (Å²) < 4.78 is 28.7. The van der Waals surface area contributed by atoms with Gasteiger partial charge >= 0.3 is 0 Å². The monoisotopic (exact) mass is 469 g/mol. The molecule has 0 radical (unpaired) electrons. The molecule has 5 aromatic rings. The van der Waals surface area contributed by atoms with Crippen LogP contribution in [0.1, 0.15) is 30.9 Å². The lowest BCUT2D eigenvalue weighted by Crippen LogP contribution is -2.16. The van der Waals surface area contributed by atoms with E-state index in [-0.39, 0.29) is 15.6 Å². The van der Waals surface area contributed by atoms with Crippen LogP contribution < -0.4 is 4.90 Å². The van der Waals surface area contributed by atoms with Gasteiger partial charge in [0.1, 0.15) is 5.82 Å². The van der Waals surface area contributed by atoms with Crippen molar-refractivity contribution in [2.75, 3.05) is 11.4 Å². The first-order valence-electron chi connectivity index (χ1n) is 11.3. The van der Waals surface area contributed by atoms with Crippen LogP contribution in [0.3, 0.4) is 0 Å². The molecule has 0 N–H and O–H groups in total. The van der Waals surface area contributed by atoms with Crippen molar-refractivity contribution < 1.29 is 8.42 Å². The minimum absolute atomic E-state index is 0.135. The van der Waals surface area contributed by atoms with Gasteiger partial charge in [0.15, 0.2) is 5.65 Å². The SMILES string of the molecule is CC(C)c1ccc(S(=O)(=O)c2nnn3c2nc(N2CCc4ccccc42)c2ccccc23)cc1. The van der Waals surface area contributed by atoms with Crippen LogP contribution in [0.5, 0.6) is 0 Å². The van der Waals surface area contributed by atoms with Crippen molar-refractivity contribution in [2.45, 2.75) is 36.1 Å². The highest BCUT2D eigenvalue weighted by atomic mass is 32.2. The molecule has 34 heavy (non-hydrogen) atoms. The van der Waals surface area contributed by atoms with E-state index in [0.29, 0.717) is 11.7 Å². The van der Waals surface area contributed by atoms with Crippen molar-refractivity contribution in [3.63, 3.8) is 0 Å². The number of aromatic nitrogens is 4. The molecule has 1 aliphatic heterocycles. The van der Waals surface area contributed by atoms with E-state index in [1.165, 1.54) is 10.1 Å². The number of fused-ring (bicyclic) bond motifs is 4. The summed E-state index contributed by atoms with van der Waals surface area (Å²) in [4.78, 5) is 7.20. The fraction of sp³-hybridized carbons (Fsp3) is 0.192. The van der Waals surface area contributed by atoms with E-state index in [1.807, 2.05) is 48.5 Å². The van der Waals surface area contributed by atoms with E-state index >= 15 is 0 Å². The maximum Gasteiger partial charge on any atom is 0.229 e. The predicted molar refractivity (Wildman–Crippen MR) is 131 cm³/mol. The third-order valence-electron chi connectivity index (χ3n) is 6.46. The number of hydrogen-bond acceptors (Lipinski definition) is 6. The third kappa shape index (κ3) is 3.09. The van der Waals surface area contributed by atoms with Gasteiger partial charge in [-0.2, -0.15) is 4.52 Å². The second-order valence-corrected chi connectivity index (χ2v) is 10.7. The second-order valence-electron chi connectivity index (χ2n) is 8.84. The van der Waals surface area contributed by atoms with E-state index in [0.717, 1.165) is 35.1 Å². The molecule has 2 aromatic heterocycles. The highest BCUT2D eigenvalue weighted by Crippen LogP contribution is 2.38. The second kappa shape index (κ2) is 7.63. The van der Waals surface area contributed by atoms with Gasteiger partial charge in [-0.05, 0) is 53.8 Å². The van der Waals surface area contributed by atoms with Crippen molar-refractivity contribution in [1.82, 2.24) is 19.8 Å². The number of rotatable bonds is 4. The van der Waals surface area contributed by atoms with Crippen LogP contribution in [-0.2, 0) is 16.3 Å². The van der Waals surface area contributed by atoms with E-state index in [1.54, 1.807) is 12.1 Å². The zero-order valence-electron chi connectivity index (χ0n) is 18.9. The van der Waals surface area contributed by atoms with Gasteiger partial charge in [0.2, 0.25) is 14.9 Å². The normalized spacial score (nSPS) is 13.8. The minimum atomic E-state index is -3.91. The Bertz CT molecular complexity index is 1660. The average molecular weight is 470 g/mol. The summed E-state index contributed by atoms with van der Waals surface area (Å²) in [6, 6.07) is 23.0. The molecule has 0 spiro atoms.